The van der Waals surface area contributed by atoms with Crippen molar-refractivity contribution in [3.05, 3.63) is 23.4 Å². The zero-order valence-electron chi connectivity index (χ0n) is 12.7. The number of rotatable bonds is 4. The molecule has 0 amide bonds. The lowest BCUT2D eigenvalue weighted by molar-refractivity contribution is -0.142. The van der Waals surface area contributed by atoms with Gasteiger partial charge in [-0.25, -0.2) is 18.1 Å². The lowest BCUT2D eigenvalue weighted by Crippen LogP contribution is -2.43. The van der Waals surface area contributed by atoms with Gasteiger partial charge in [0.1, 0.15) is 0 Å². The smallest absolute Gasteiger partial charge is 0.308 e. The molecule has 6 nitrogen and oxygen atoms in total. The second kappa shape index (κ2) is 6.10. The standard InChI is InChI=1S/C14H20N2O4S2/c1-14(2,3)13-15-8-11(21-13)22(19,20)16-10-7-5-4-6-9(10)12(17)18/h4-5,8-10,16H,6-7H2,1-3H3,(H,17,18)/t9-,10+/m0/s1. The van der Waals surface area contributed by atoms with Gasteiger partial charge in [0.2, 0.25) is 0 Å². The van der Waals surface area contributed by atoms with E-state index in [0.29, 0.717) is 12.8 Å². The molecule has 0 spiro atoms. The van der Waals surface area contributed by atoms with E-state index in [0.717, 1.165) is 16.3 Å². The summed E-state index contributed by atoms with van der Waals surface area (Å²) in [5, 5.41) is 9.94. The van der Waals surface area contributed by atoms with Crippen molar-refractivity contribution in [2.45, 2.75) is 49.3 Å². The third kappa shape index (κ3) is 3.74. The van der Waals surface area contributed by atoms with Crippen LogP contribution in [0, 0.1) is 5.92 Å². The minimum atomic E-state index is -3.76. The van der Waals surface area contributed by atoms with Gasteiger partial charge in [-0.05, 0) is 12.8 Å². The van der Waals surface area contributed by atoms with Crippen LogP contribution >= 0.6 is 11.3 Å². The first-order valence-electron chi connectivity index (χ1n) is 6.98. The van der Waals surface area contributed by atoms with Crippen LogP contribution in [-0.2, 0) is 20.2 Å². The van der Waals surface area contributed by atoms with Crippen LogP contribution in [0.3, 0.4) is 0 Å². The zero-order valence-corrected chi connectivity index (χ0v) is 14.4. The number of aromatic nitrogens is 1. The van der Waals surface area contributed by atoms with Crippen LogP contribution in [0.15, 0.2) is 22.6 Å². The largest absolute Gasteiger partial charge is 0.481 e. The number of aliphatic carboxylic acids is 1. The minimum Gasteiger partial charge on any atom is -0.481 e. The molecule has 122 valence electrons. The number of carbonyl (C=O) groups is 1. The van der Waals surface area contributed by atoms with Crippen LogP contribution in [0.25, 0.3) is 0 Å². The Morgan fingerprint density at radius 2 is 2.00 bits per heavy atom. The fourth-order valence-electron chi connectivity index (χ4n) is 2.21. The quantitative estimate of drug-likeness (QED) is 0.816. The molecule has 0 aromatic carbocycles. The summed E-state index contributed by atoms with van der Waals surface area (Å²) in [5.74, 6) is -1.73. The summed E-state index contributed by atoms with van der Waals surface area (Å²) in [4.78, 5) is 15.4. The molecule has 2 atom stereocenters. The van der Waals surface area contributed by atoms with E-state index in [2.05, 4.69) is 9.71 Å². The summed E-state index contributed by atoms with van der Waals surface area (Å²) >= 11 is 1.12. The zero-order chi connectivity index (χ0) is 16.5. The molecule has 8 heteroatoms. The van der Waals surface area contributed by atoms with E-state index >= 15 is 0 Å². The highest BCUT2D eigenvalue weighted by molar-refractivity contribution is 7.91. The Labute approximate surface area is 134 Å². The fraction of sp³-hybridized carbons (Fsp3) is 0.571. The molecule has 1 heterocycles. The van der Waals surface area contributed by atoms with Gasteiger partial charge in [-0.1, -0.05) is 32.9 Å². The average molecular weight is 344 g/mol. The molecule has 0 radical (unpaired) electrons. The fourth-order valence-corrected chi connectivity index (χ4v) is 4.70. The Kier molecular flexibility index (Phi) is 4.74. The topological polar surface area (TPSA) is 96.4 Å². The molecule has 2 rings (SSSR count). The first-order chi connectivity index (χ1) is 10.1. The van der Waals surface area contributed by atoms with Gasteiger partial charge < -0.3 is 5.11 Å². The third-order valence-corrected chi connectivity index (χ3v) is 6.82. The Morgan fingerprint density at radius 1 is 1.36 bits per heavy atom. The first kappa shape index (κ1) is 17.1. The maximum absolute atomic E-state index is 12.5. The normalized spacial score (nSPS) is 22.7. The first-order valence-corrected chi connectivity index (χ1v) is 9.27. The summed E-state index contributed by atoms with van der Waals surface area (Å²) in [6, 6.07) is -0.632. The Balaban J connectivity index is 2.22. The minimum absolute atomic E-state index is 0.121. The summed E-state index contributed by atoms with van der Waals surface area (Å²) < 4.78 is 27.5. The number of hydrogen-bond donors (Lipinski definition) is 2. The van der Waals surface area contributed by atoms with E-state index in [1.165, 1.54) is 6.20 Å². The molecule has 0 bridgehead atoms. The van der Waals surface area contributed by atoms with Crippen LogP contribution in [0.2, 0.25) is 0 Å². The average Bonchev–Trinajstić information content (AvgIpc) is 2.88. The summed E-state index contributed by atoms with van der Waals surface area (Å²) in [6.45, 7) is 5.88. The maximum atomic E-state index is 12.5. The van der Waals surface area contributed by atoms with E-state index < -0.39 is 28.0 Å². The van der Waals surface area contributed by atoms with E-state index in [9.17, 15) is 18.3 Å². The van der Waals surface area contributed by atoms with E-state index in [-0.39, 0.29) is 9.62 Å². The van der Waals surface area contributed by atoms with Crippen molar-refractivity contribution in [2.75, 3.05) is 0 Å². The summed E-state index contributed by atoms with van der Waals surface area (Å²) in [5.41, 5.74) is -0.227. The van der Waals surface area contributed by atoms with Gasteiger partial charge in [-0.3, -0.25) is 4.79 Å². The number of allylic oxidation sites excluding steroid dienone is 1. The third-order valence-electron chi connectivity index (χ3n) is 3.45. The molecule has 0 saturated heterocycles. The van der Waals surface area contributed by atoms with Gasteiger partial charge in [0.05, 0.1) is 17.1 Å². The molecule has 2 N–H and O–H groups in total. The lowest BCUT2D eigenvalue weighted by atomic mass is 9.90. The number of nitrogens with one attached hydrogen (secondary N) is 1. The Bertz CT molecular complexity index is 686. The molecular formula is C14H20N2O4S2. The van der Waals surface area contributed by atoms with Crippen molar-refractivity contribution in [1.29, 1.82) is 0 Å². The van der Waals surface area contributed by atoms with Crippen LogP contribution in [0.4, 0.5) is 0 Å². The number of hydrogen-bond acceptors (Lipinski definition) is 5. The van der Waals surface area contributed by atoms with Crippen molar-refractivity contribution in [2.24, 2.45) is 5.92 Å². The molecular weight excluding hydrogens is 324 g/mol. The van der Waals surface area contributed by atoms with Crippen molar-refractivity contribution in [1.82, 2.24) is 9.71 Å². The number of carboxylic acids is 1. The van der Waals surface area contributed by atoms with E-state index in [4.69, 9.17) is 0 Å². The predicted octanol–water partition coefficient (Wildman–Crippen LogP) is 2.14. The van der Waals surface area contributed by atoms with Gasteiger partial charge in [-0.15, -0.1) is 11.3 Å². The molecule has 0 fully saturated rings. The van der Waals surface area contributed by atoms with Crippen molar-refractivity contribution in [3.8, 4) is 0 Å². The molecule has 1 aliphatic carbocycles. The molecule has 1 aliphatic rings. The van der Waals surface area contributed by atoms with Gasteiger partial charge in [0.25, 0.3) is 10.0 Å². The van der Waals surface area contributed by atoms with Crippen molar-refractivity contribution >= 4 is 27.3 Å². The van der Waals surface area contributed by atoms with Gasteiger partial charge in [0, 0.05) is 11.5 Å². The van der Waals surface area contributed by atoms with Crippen LogP contribution in [0.5, 0.6) is 0 Å². The number of thiazole rings is 1. The van der Waals surface area contributed by atoms with E-state index in [1.54, 1.807) is 12.2 Å². The SMILES string of the molecule is CC(C)(C)c1ncc(S(=O)(=O)N[C@@H]2CC=CC[C@@H]2C(=O)O)s1. The highest BCUT2D eigenvalue weighted by Crippen LogP contribution is 2.30. The molecule has 0 saturated carbocycles. The monoisotopic (exact) mass is 344 g/mol. The molecule has 1 aromatic heterocycles. The Morgan fingerprint density at radius 3 is 2.55 bits per heavy atom. The molecule has 22 heavy (non-hydrogen) atoms. The maximum Gasteiger partial charge on any atom is 0.308 e. The van der Waals surface area contributed by atoms with Crippen LogP contribution in [0.1, 0.15) is 38.6 Å². The van der Waals surface area contributed by atoms with Gasteiger partial charge in [0.15, 0.2) is 4.21 Å². The van der Waals surface area contributed by atoms with Gasteiger partial charge >= 0.3 is 5.97 Å². The lowest BCUT2D eigenvalue weighted by Gasteiger charge is -2.25. The highest BCUT2D eigenvalue weighted by Gasteiger charge is 2.33. The van der Waals surface area contributed by atoms with E-state index in [1.807, 2.05) is 20.8 Å². The van der Waals surface area contributed by atoms with Crippen molar-refractivity contribution in [3.63, 3.8) is 0 Å². The highest BCUT2D eigenvalue weighted by atomic mass is 32.2. The van der Waals surface area contributed by atoms with Crippen LogP contribution in [-0.4, -0.2) is 30.5 Å². The molecule has 1 aromatic rings. The second-order valence-electron chi connectivity index (χ2n) is 6.35. The number of sulfonamides is 1. The summed E-state index contributed by atoms with van der Waals surface area (Å²) in [7, 11) is -3.76. The summed E-state index contributed by atoms with van der Waals surface area (Å²) in [6.07, 6.45) is 5.62. The predicted molar refractivity (Wildman–Crippen MR) is 84.4 cm³/mol. The molecule has 0 aliphatic heterocycles. The van der Waals surface area contributed by atoms with Crippen LogP contribution < -0.4 is 4.72 Å². The number of nitrogens with zero attached hydrogens (tertiary/aromatic N) is 1. The second-order valence-corrected chi connectivity index (χ2v) is 9.32. The van der Waals surface area contributed by atoms with Gasteiger partial charge in [-0.2, -0.15) is 0 Å². The Hall–Kier alpha value is -1.25. The number of carboxylic acid groups (broad SMARTS) is 1. The van der Waals surface area contributed by atoms with Crippen molar-refractivity contribution < 1.29 is 18.3 Å². The molecule has 0 unspecified atom stereocenters.